The molecule has 0 amide bonds. The Labute approximate surface area is 109 Å². The quantitative estimate of drug-likeness (QED) is 0.676. The van der Waals surface area contributed by atoms with Gasteiger partial charge in [-0.2, -0.15) is 0 Å². The van der Waals surface area contributed by atoms with Gasteiger partial charge in [-0.15, -0.1) is 0 Å². The Hall–Kier alpha value is -2.13. The number of hydrogen-bond acceptors (Lipinski definition) is 3. The van der Waals surface area contributed by atoms with Crippen molar-refractivity contribution >= 4 is 22.5 Å². The van der Waals surface area contributed by atoms with Crippen LogP contribution < -0.4 is 0 Å². The molecule has 1 N–H and O–H groups in total. The number of aromatic hydroxyl groups is 1. The normalized spacial score (nSPS) is 10.7. The number of phenolic OH excluding ortho intramolecular Hbond substituents is 1. The number of aromatic nitrogens is 2. The molecule has 3 aromatic rings. The van der Waals surface area contributed by atoms with Crippen molar-refractivity contribution in [2.24, 2.45) is 0 Å². The van der Waals surface area contributed by atoms with E-state index in [4.69, 9.17) is 11.6 Å². The first kappa shape index (κ1) is 11.0. The summed E-state index contributed by atoms with van der Waals surface area (Å²) in [5, 5.41) is 10.4. The van der Waals surface area contributed by atoms with Gasteiger partial charge < -0.3 is 5.11 Å². The lowest BCUT2D eigenvalue weighted by atomic mass is 10.2. The smallest absolute Gasteiger partial charge is 0.161 e. The van der Waals surface area contributed by atoms with Crippen molar-refractivity contribution in [1.29, 1.82) is 0 Å². The van der Waals surface area contributed by atoms with Crippen molar-refractivity contribution in [2.75, 3.05) is 0 Å². The van der Waals surface area contributed by atoms with Crippen LogP contribution in [0.3, 0.4) is 0 Å². The van der Waals surface area contributed by atoms with Gasteiger partial charge in [-0.1, -0.05) is 41.9 Å². The Kier molecular flexibility index (Phi) is 2.61. The van der Waals surface area contributed by atoms with E-state index < -0.39 is 0 Å². The topological polar surface area (TPSA) is 46.0 Å². The molecule has 0 bridgehead atoms. The van der Waals surface area contributed by atoms with E-state index in [1.807, 2.05) is 30.3 Å². The standard InChI is InChI=1S/C14H9ClN2O/c15-13-11-8-10(18)6-7-12(11)16-14(17-13)9-4-2-1-3-5-9/h1-8,18H. The van der Waals surface area contributed by atoms with E-state index in [0.29, 0.717) is 21.9 Å². The largest absolute Gasteiger partial charge is 0.508 e. The molecule has 0 saturated heterocycles. The van der Waals surface area contributed by atoms with Crippen LogP contribution in [-0.4, -0.2) is 15.1 Å². The molecule has 1 aromatic heterocycles. The summed E-state index contributed by atoms with van der Waals surface area (Å²) >= 11 is 6.12. The highest BCUT2D eigenvalue weighted by Crippen LogP contribution is 2.27. The van der Waals surface area contributed by atoms with Crippen molar-refractivity contribution in [2.45, 2.75) is 0 Å². The number of fused-ring (bicyclic) bond motifs is 1. The second-order valence-electron chi connectivity index (χ2n) is 3.91. The number of nitrogens with zero attached hydrogens (tertiary/aromatic N) is 2. The average Bonchev–Trinajstić information content (AvgIpc) is 2.40. The van der Waals surface area contributed by atoms with Gasteiger partial charge >= 0.3 is 0 Å². The van der Waals surface area contributed by atoms with Crippen LogP contribution in [0.4, 0.5) is 0 Å². The Morgan fingerprint density at radius 2 is 1.72 bits per heavy atom. The maximum absolute atomic E-state index is 9.43. The summed E-state index contributed by atoms with van der Waals surface area (Å²) in [5.41, 5.74) is 1.63. The molecule has 0 aliphatic heterocycles. The lowest BCUT2D eigenvalue weighted by molar-refractivity contribution is 0.476. The van der Waals surface area contributed by atoms with Crippen LogP contribution in [-0.2, 0) is 0 Å². The fourth-order valence-corrected chi connectivity index (χ4v) is 2.03. The third kappa shape index (κ3) is 1.89. The van der Waals surface area contributed by atoms with Crippen LogP contribution in [0.15, 0.2) is 48.5 Å². The molecule has 3 rings (SSSR count). The van der Waals surface area contributed by atoms with E-state index in [2.05, 4.69) is 9.97 Å². The summed E-state index contributed by atoms with van der Waals surface area (Å²) in [6.07, 6.45) is 0. The lowest BCUT2D eigenvalue weighted by Crippen LogP contribution is -1.91. The van der Waals surface area contributed by atoms with Crippen LogP contribution in [0.25, 0.3) is 22.3 Å². The van der Waals surface area contributed by atoms with E-state index in [1.165, 1.54) is 0 Å². The Bertz CT molecular complexity index is 714. The van der Waals surface area contributed by atoms with Crippen LogP contribution in [0.5, 0.6) is 5.75 Å². The highest BCUT2D eigenvalue weighted by molar-refractivity contribution is 6.34. The molecule has 88 valence electrons. The summed E-state index contributed by atoms with van der Waals surface area (Å²) in [7, 11) is 0. The molecule has 2 aromatic carbocycles. The number of phenols is 1. The summed E-state index contributed by atoms with van der Waals surface area (Å²) in [6.45, 7) is 0. The summed E-state index contributed by atoms with van der Waals surface area (Å²) < 4.78 is 0. The zero-order valence-corrected chi connectivity index (χ0v) is 10.1. The van der Waals surface area contributed by atoms with Gasteiger partial charge in [0.25, 0.3) is 0 Å². The first-order valence-corrected chi connectivity index (χ1v) is 5.83. The summed E-state index contributed by atoms with van der Waals surface area (Å²) in [6, 6.07) is 14.5. The fraction of sp³-hybridized carbons (Fsp3) is 0. The van der Waals surface area contributed by atoms with Crippen LogP contribution in [0, 0.1) is 0 Å². The molecular weight excluding hydrogens is 248 g/mol. The molecular formula is C14H9ClN2O. The molecule has 0 spiro atoms. The van der Waals surface area contributed by atoms with Crippen LogP contribution >= 0.6 is 11.6 Å². The van der Waals surface area contributed by atoms with E-state index >= 15 is 0 Å². The SMILES string of the molecule is Oc1ccc2nc(-c3ccccc3)nc(Cl)c2c1. The maximum Gasteiger partial charge on any atom is 0.161 e. The molecule has 0 saturated carbocycles. The molecule has 0 fully saturated rings. The summed E-state index contributed by atoms with van der Waals surface area (Å²) in [5.74, 6) is 0.735. The number of halogens is 1. The van der Waals surface area contributed by atoms with E-state index in [1.54, 1.807) is 18.2 Å². The molecule has 4 heteroatoms. The fourth-order valence-electron chi connectivity index (χ4n) is 1.80. The van der Waals surface area contributed by atoms with Gasteiger partial charge in [0.15, 0.2) is 5.82 Å². The van der Waals surface area contributed by atoms with Gasteiger partial charge in [-0.3, -0.25) is 0 Å². The molecule has 18 heavy (non-hydrogen) atoms. The second kappa shape index (κ2) is 4.27. The molecule has 1 heterocycles. The van der Waals surface area contributed by atoms with E-state index in [-0.39, 0.29) is 5.75 Å². The van der Waals surface area contributed by atoms with Gasteiger partial charge in [0.05, 0.1) is 5.52 Å². The summed E-state index contributed by atoms with van der Waals surface area (Å²) in [4.78, 5) is 8.70. The Balaban J connectivity index is 2.25. The van der Waals surface area contributed by atoms with Gasteiger partial charge in [-0.05, 0) is 18.2 Å². The predicted octanol–water partition coefficient (Wildman–Crippen LogP) is 3.66. The maximum atomic E-state index is 9.43. The van der Waals surface area contributed by atoms with Gasteiger partial charge in [0, 0.05) is 10.9 Å². The minimum absolute atomic E-state index is 0.153. The third-order valence-corrected chi connectivity index (χ3v) is 2.95. The number of hydrogen-bond donors (Lipinski definition) is 1. The Morgan fingerprint density at radius 3 is 2.50 bits per heavy atom. The van der Waals surface area contributed by atoms with Crippen molar-refractivity contribution < 1.29 is 5.11 Å². The first-order valence-electron chi connectivity index (χ1n) is 5.46. The molecule has 0 aliphatic carbocycles. The van der Waals surface area contributed by atoms with E-state index in [0.717, 1.165) is 5.56 Å². The van der Waals surface area contributed by atoms with Crippen molar-refractivity contribution in [3.63, 3.8) is 0 Å². The average molecular weight is 257 g/mol. The highest BCUT2D eigenvalue weighted by atomic mass is 35.5. The minimum Gasteiger partial charge on any atom is -0.508 e. The van der Waals surface area contributed by atoms with Crippen LogP contribution in [0.1, 0.15) is 0 Å². The van der Waals surface area contributed by atoms with Crippen molar-refractivity contribution in [3.05, 3.63) is 53.7 Å². The molecule has 0 radical (unpaired) electrons. The second-order valence-corrected chi connectivity index (χ2v) is 4.26. The van der Waals surface area contributed by atoms with Crippen LogP contribution in [0.2, 0.25) is 5.15 Å². The van der Waals surface area contributed by atoms with E-state index in [9.17, 15) is 5.11 Å². The number of benzene rings is 2. The van der Waals surface area contributed by atoms with Crippen molar-refractivity contribution in [1.82, 2.24) is 9.97 Å². The zero-order chi connectivity index (χ0) is 12.5. The van der Waals surface area contributed by atoms with Gasteiger partial charge in [-0.25, -0.2) is 9.97 Å². The number of rotatable bonds is 1. The monoisotopic (exact) mass is 256 g/mol. The minimum atomic E-state index is 0.153. The first-order chi connectivity index (χ1) is 8.74. The molecule has 0 unspecified atom stereocenters. The highest BCUT2D eigenvalue weighted by Gasteiger charge is 2.08. The predicted molar refractivity (Wildman–Crippen MR) is 71.6 cm³/mol. The Morgan fingerprint density at radius 1 is 0.944 bits per heavy atom. The third-order valence-electron chi connectivity index (χ3n) is 2.66. The zero-order valence-electron chi connectivity index (χ0n) is 9.34. The van der Waals surface area contributed by atoms with Gasteiger partial charge in [0.1, 0.15) is 10.9 Å². The molecule has 0 atom stereocenters. The lowest BCUT2D eigenvalue weighted by Gasteiger charge is -2.04. The van der Waals surface area contributed by atoms with Crippen molar-refractivity contribution in [3.8, 4) is 17.1 Å². The molecule has 3 nitrogen and oxygen atoms in total. The van der Waals surface area contributed by atoms with Gasteiger partial charge in [0.2, 0.25) is 0 Å². The molecule has 0 aliphatic rings.